The normalized spacial score (nSPS) is 22.3. The maximum Gasteiger partial charge on any atom is 0.0679 e. The molecule has 1 atom stereocenters. The number of hydrogen-bond acceptors (Lipinski definition) is 2. The fourth-order valence-electron chi connectivity index (χ4n) is 3.05. The molecule has 1 unspecified atom stereocenters. The zero-order valence-corrected chi connectivity index (χ0v) is 14.4. The van der Waals surface area contributed by atoms with E-state index in [0.29, 0.717) is 0 Å². The fourth-order valence-corrected chi connectivity index (χ4v) is 4.48. The molecule has 1 nitrogen and oxygen atoms in total. The lowest BCUT2D eigenvalue weighted by Crippen LogP contribution is -2.16. The highest BCUT2D eigenvalue weighted by atomic mass is 32.2. The Bertz CT molecular complexity index is 675. The largest absolute Gasteiger partial charge is 0.309 e. The van der Waals surface area contributed by atoms with E-state index in [1.807, 2.05) is 11.8 Å². The second-order valence-electron chi connectivity index (χ2n) is 6.21. The van der Waals surface area contributed by atoms with Crippen molar-refractivity contribution in [2.45, 2.75) is 23.0 Å². The number of rotatable bonds is 4. The summed E-state index contributed by atoms with van der Waals surface area (Å²) in [5, 5.41) is 0. The van der Waals surface area contributed by atoms with Crippen LogP contribution in [0.2, 0.25) is 0 Å². The van der Waals surface area contributed by atoms with Crippen molar-refractivity contribution < 1.29 is 0 Å². The number of hydrogen-bond donors (Lipinski definition) is 0. The molecule has 0 saturated heterocycles. The molecular weight excluding hydrogens is 286 g/mol. The topological polar surface area (TPSA) is 3.24 Å². The van der Waals surface area contributed by atoms with Gasteiger partial charge in [-0.25, -0.2) is 0 Å². The first-order valence-corrected chi connectivity index (χ1v) is 8.62. The van der Waals surface area contributed by atoms with Crippen LogP contribution >= 0.6 is 11.8 Å². The third-order valence-electron chi connectivity index (χ3n) is 4.25. The number of benzene rings is 2. The first kappa shape index (κ1) is 15.4. The number of thioether (sulfide) groups is 1. The Hall–Kier alpha value is -1.51. The van der Waals surface area contributed by atoms with Crippen molar-refractivity contribution >= 4 is 17.3 Å². The van der Waals surface area contributed by atoms with Gasteiger partial charge in [-0.15, -0.1) is 11.8 Å². The van der Waals surface area contributed by atoms with Crippen LogP contribution in [0.15, 0.2) is 65.6 Å². The van der Waals surface area contributed by atoms with Gasteiger partial charge in [0.1, 0.15) is 0 Å². The van der Waals surface area contributed by atoms with Crippen LogP contribution in [0, 0.1) is 0 Å². The summed E-state index contributed by atoms with van der Waals surface area (Å²) < 4.78 is 0.0112. The van der Waals surface area contributed by atoms with E-state index >= 15 is 0 Å². The van der Waals surface area contributed by atoms with E-state index in [9.17, 15) is 0 Å². The van der Waals surface area contributed by atoms with Crippen LogP contribution in [0.1, 0.15) is 24.5 Å². The molecule has 0 bridgehead atoms. The molecule has 1 aliphatic heterocycles. The van der Waals surface area contributed by atoms with Crippen LogP contribution in [-0.4, -0.2) is 25.5 Å². The van der Waals surface area contributed by atoms with E-state index in [2.05, 4.69) is 86.6 Å². The summed E-state index contributed by atoms with van der Waals surface area (Å²) in [6, 6.07) is 19.7. The molecule has 0 spiro atoms. The minimum Gasteiger partial charge on any atom is -0.309 e. The summed E-state index contributed by atoms with van der Waals surface area (Å²) in [5.41, 5.74) is 4.24. The predicted octanol–water partition coefficient (Wildman–Crippen LogP) is 5.04. The second-order valence-corrected chi connectivity index (χ2v) is 7.67. The summed E-state index contributed by atoms with van der Waals surface area (Å²) in [6.45, 7) is 3.44. The van der Waals surface area contributed by atoms with E-state index in [-0.39, 0.29) is 4.75 Å². The van der Waals surface area contributed by atoms with Crippen molar-refractivity contribution in [3.8, 4) is 0 Å². The molecule has 2 aromatic rings. The van der Waals surface area contributed by atoms with Gasteiger partial charge in [0, 0.05) is 11.4 Å². The minimum atomic E-state index is 0.0112. The highest BCUT2D eigenvalue weighted by molar-refractivity contribution is 8.01. The summed E-state index contributed by atoms with van der Waals surface area (Å²) in [5.74, 6) is 0. The van der Waals surface area contributed by atoms with Crippen molar-refractivity contribution in [1.29, 1.82) is 0 Å². The molecule has 1 heterocycles. The molecule has 2 aromatic carbocycles. The van der Waals surface area contributed by atoms with Crippen LogP contribution in [0.5, 0.6) is 0 Å². The Labute approximate surface area is 138 Å². The summed E-state index contributed by atoms with van der Waals surface area (Å²) in [6.07, 6.45) is 3.52. The van der Waals surface area contributed by atoms with Gasteiger partial charge in [0.25, 0.3) is 0 Å². The van der Waals surface area contributed by atoms with Gasteiger partial charge in [-0.2, -0.15) is 0 Å². The SMILES string of the molecule is CN(C)CCC=C1c2ccccc2SC1(C)c1ccccc1. The molecule has 0 aliphatic carbocycles. The average molecular weight is 309 g/mol. The van der Waals surface area contributed by atoms with Gasteiger partial charge >= 0.3 is 0 Å². The lowest BCUT2D eigenvalue weighted by atomic mass is 9.87. The summed E-state index contributed by atoms with van der Waals surface area (Å²) in [4.78, 5) is 3.63. The Morgan fingerprint density at radius 1 is 1.00 bits per heavy atom. The molecule has 0 N–H and O–H groups in total. The quantitative estimate of drug-likeness (QED) is 0.778. The molecular formula is C20H23NS. The monoisotopic (exact) mass is 309 g/mol. The molecule has 22 heavy (non-hydrogen) atoms. The van der Waals surface area contributed by atoms with Crippen LogP contribution in [-0.2, 0) is 4.75 Å². The van der Waals surface area contributed by atoms with Crippen LogP contribution in [0.25, 0.3) is 5.57 Å². The molecule has 1 aliphatic rings. The lowest BCUT2D eigenvalue weighted by molar-refractivity contribution is 0.417. The Kier molecular flexibility index (Phi) is 4.42. The minimum absolute atomic E-state index is 0.0112. The summed E-state index contributed by atoms with van der Waals surface area (Å²) in [7, 11) is 4.26. The zero-order chi connectivity index (χ0) is 15.6. The maximum absolute atomic E-state index is 2.44. The highest BCUT2D eigenvalue weighted by Gasteiger charge is 2.39. The Morgan fingerprint density at radius 2 is 1.68 bits per heavy atom. The van der Waals surface area contributed by atoms with Crippen molar-refractivity contribution in [2.24, 2.45) is 0 Å². The smallest absolute Gasteiger partial charge is 0.0679 e. The van der Waals surface area contributed by atoms with Crippen LogP contribution in [0.4, 0.5) is 0 Å². The van der Waals surface area contributed by atoms with E-state index in [1.165, 1.54) is 21.6 Å². The Balaban J connectivity index is 2.03. The van der Waals surface area contributed by atoms with Gasteiger partial charge < -0.3 is 4.90 Å². The highest BCUT2D eigenvalue weighted by Crippen LogP contribution is 2.58. The first-order chi connectivity index (χ1) is 10.6. The van der Waals surface area contributed by atoms with Gasteiger partial charge in [0.15, 0.2) is 0 Å². The molecule has 114 valence electrons. The number of nitrogens with zero attached hydrogens (tertiary/aromatic N) is 1. The van der Waals surface area contributed by atoms with Crippen molar-refractivity contribution in [1.82, 2.24) is 4.90 Å². The van der Waals surface area contributed by atoms with Gasteiger partial charge in [-0.3, -0.25) is 0 Å². The molecule has 2 heteroatoms. The van der Waals surface area contributed by atoms with Crippen molar-refractivity contribution in [2.75, 3.05) is 20.6 Å². The maximum atomic E-state index is 2.44. The first-order valence-electron chi connectivity index (χ1n) is 7.80. The van der Waals surface area contributed by atoms with Crippen LogP contribution < -0.4 is 0 Å². The molecule has 0 saturated carbocycles. The third-order valence-corrected chi connectivity index (χ3v) is 5.69. The lowest BCUT2D eigenvalue weighted by Gasteiger charge is -2.26. The fraction of sp³-hybridized carbons (Fsp3) is 0.300. The van der Waals surface area contributed by atoms with E-state index in [1.54, 1.807) is 0 Å². The van der Waals surface area contributed by atoms with Gasteiger partial charge in [0.2, 0.25) is 0 Å². The van der Waals surface area contributed by atoms with Crippen molar-refractivity contribution in [3.63, 3.8) is 0 Å². The second kappa shape index (κ2) is 6.31. The molecule has 0 fully saturated rings. The summed E-state index contributed by atoms with van der Waals surface area (Å²) >= 11 is 1.98. The van der Waals surface area contributed by atoms with E-state index in [4.69, 9.17) is 0 Å². The average Bonchev–Trinajstić information content (AvgIpc) is 2.81. The number of fused-ring (bicyclic) bond motifs is 1. The zero-order valence-electron chi connectivity index (χ0n) is 13.5. The van der Waals surface area contributed by atoms with Gasteiger partial charge in [0.05, 0.1) is 4.75 Å². The predicted molar refractivity (Wildman–Crippen MR) is 97.2 cm³/mol. The van der Waals surface area contributed by atoms with E-state index < -0.39 is 0 Å². The standard InChI is InChI=1S/C20H23NS/c1-20(16-10-5-4-6-11-16)18(13-9-15-21(2)3)17-12-7-8-14-19(17)22-20/h4-8,10-14H,9,15H2,1-3H3. The van der Waals surface area contributed by atoms with Gasteiger partial charge in [-0.05, 0) is 50.2 Å². The van der Waals surface area contributed by atoms with Crippen LogP contribution in [0.3, 0.4) is 0 Å². The van der Waals surface area contributed by atoms with Crippen molar-refractivity contribution in [3.05, 3.63) is 71.8 Å². The molecule has 0 aromatic heterocycles. The Morgan fingerprint density at radius 3 is 2.41 bits per heavy atom. The van der Waals surface area contributed by atoms with Gasteiger partial charge in [-0.1, -0.05) is 54.6 Å². The third kappa shape index (κ3) is 2.86. The molecule has 3 rings (SSSR count). The molecule has 0 radical (unpaired) electrons. The van der Waals surface area contributed by atoms with E-state index in [0.717, 1.165) is 13.0 Å². The molecule has 0 amide bonds.